The minimum absolute atomic E-state index is 0.155. The minimum Gasteiger partial charge on any atom is -0.367 e. The van der Waals surface area contributed by atoms with Crippen LogP contribution < -0.4 is 5.73 Å². The normalized spacial score (nSPS) is 36.3. The van der Waals surface area contributed by atoms with E-state index in [2.05, 4.69) is 17.1 Å². The fourth-order valence-corrected chi connectivity index (χ4v) is 3.18. The van der Waals surface area contributed by atoms with Gasteiger partial charge in [0.25, 0.3) is 0 Å². The summed E-state index contributed by atoms with van der Waals surface area (Å²) in [7, 11) is 0. The Hall–Kier alpha value is -0.940. The molecule has 5 nitrogen and oxygen atoms in total. The van der Waals surface area contributed by atoms with Crippen molar-refractivity contribution in [3.05, 3.63) is 11.7 Å². The van der Waals surface area contributed by atoms with Crippen molar-refractivity contribution >= 4 is 0 Å². The van der Waals surface area contributed by atoms with Crippen LogP contribution in [0.15, 0.2) is 4.52 Å². The third-order valence-electron chi connectivity index (χ3n) is 4.52. The maximum atomic E-state index is 6.17. The van der Waals surface area contributed by atoms with Crippen molar-refractivity contribution in [1.29, 1.82) is 0 Å². The van der Waals surface area contributed by atoms with Crippen molar-refractivity contribution in [2.45, 2.75) is 69.4 Å². The lowest BCUT2D eigenvalue weighted by molar-refractivity contribution is -0.0770. The summed E-state index contributed by atoms with van der Waals surface area (Å²) in [6, 6.07) is 0.155. The molecule has 0 bridgehead atoms. The van der Waals surface area contributed by atoms with Crippen LogP contribution in [0, 0.1) is 0 Å². The zero-order valence-corrected chi connectivity index (χ0v) is 11.6. The SMILES string of the molecule is CC1(c2noc(C3CCCCC3N)n2)CCCCO1. The van der Waals surface area contributed by atoms with E-state index in [0.29, 0.717) is 11.7 Å². The van der Waals surface area contributed by atoms with Crippen LogP contribution in [-0.4, -0.2) is 22.8 Å². The smallest absolute Gasteiger partial charge is 0.231 e. The Kier molecular flexibility index (Phi) is 3.58. The van der Waals surface area contributed by atoms with Gasteiger partial charge in [0.2, 0.25) is 11.7 Å². The molecule has 0 amide bonds. The van der Waals surface area contributed by atoms with Gasteiger partial charge in [0, 0.05) is 12.6 Å². The van der Waals surface area contributed by atoms with Gasteiger partial charge in [-0.2, -0.15) is 4.98 Å². The van der Waals surface area contributed by atoms with E-state index in [4.69, 9.17) is 15.0 Å². The summed E-state index contributed by atoms with van der Waals surface area (Å²) in [6.45, 7) is 2.84. The minimum atomic E-state index is -0.376. The van der Waals surface area contributed by atoms with Crippen molar-refractivity contribution in [3.63, 3.8) is 0 Å². The number of hydrogen-bond donors (Lipinski definition) is 1. The van der Waals surface area contributed by atoms with E-state index in [9.17, 15) is 0 Å². The summed E-state index contributed by atoms with van der Waals surface area (Å²) in [5.41, 5.74) is 5.80. The second-order valence-electron chi connectivity index (χ2n) is 6.05. The molecule has 0 radical (unpaired) electrons. The van der Waals surface area contributed by atoms with Gasteiger partial charge in [-0.3, -0.25) is 0 Å². The molecule has 3 unspecified atom stereocenters. The zero-order valence-electron chi connectivity index (χ0n) is 11.6. The van der Waals surface area contributed by atoms with Crippen LogP contribution in [0.3, 0.4) is 0 Å². The van der Waals surface area contributed by atoms with E-state index >= 15 is 0 Å². The summed E-state index contributed by atoms with van der Waals surface area (Å²) in [4.78, 5) is 4.60. The lowest BCUT2D eigenvalue weighted by Crippen LogP contribution is -2.33. The lowest BCUT2D eigenvalue weighted by Gasteiger charge is -2.30. The lowest BCUT2D eigenvalue weighted by atomic mass is 9.85. The Balaban J connectivity index is 1.78. The average Bonchev–Trinajstić information content (AvgIpc) is 2.90. The standard InChI is InChI=1S/C14H23N3O2/c1-14(8-4-5-9-18-14)13-16-12(19-17-13)10-6-2-3-7-11(10)15/h10-11H,2-9,15H2,1H3. The number of rotatable bonds is 2. The molecule has 1 saturated carbocycles. The first-order valence-corrected chi connectivity index (χ1v) is 7.43. The Morgan fingerprint density at radius 3 is 2.79 bits per heavy atom. The molecule has 3 atom stereocenters. The Morgan fingerprint density at radius 1 is 1.21 bits per heavy atom. The molecule has 2 aliphatic rings. The zero-order chi connectivity index (χ0) is 13.3. The summed E-state index contributed by atoms with van der Waals surface area (Å²) in [5.74, 6) is 1.62. The molecule has 5 heteroatoms. The van der Waals surface area contributed by atoms with Gasteiger partial charge in [0.1, 0.15) is 5.60 Å². The van der Waals surface area contributed by atoms with Gasteiger partial charge in [0.15, 0.2) is 0 Å². The van der Waals surface area contributed by atoms with Crippen molar-refractivity contribution in [2.75, 3.05) is 6.61 Å². The third-order valence-corrected chi connectivity index (χ3v) is 4.52. The molecule has 0 spiro atoms. The van der Waals surface area contributed by atoms with Crippen molar-refractivity contribution in [1.82, 2.24) is 10.1 Å². The van der Waals surface area contributed by atoms with Crippen molar-refractivity contribution in [3.8, 4) is 0 Å². The van der Waals surface area contributed by atoms with Crippen LogP contribution >= 0.6 is 0 Å². The summed E-state index contributed by atoms with van der Waals surface area (Å²) < 4.78 is 11.3. The highest BCUT2D eigenvalue weighted by Crippen LogP contribution is 2.35. The molecule has 19 heavy (non-hydrogen) atoms. The van der Waals surface area contributed by atoms with Crippen molar-refractivity contribution < 1.29 is 9.26 Å². The molecule has 1 saturated heterocycles. The second-order valence-corrected chi connectivity index (χ2v) is 6.05. The summed E-state index contributed by atoms with van der Waals surface area (Å²) in [5, 5.41) is 4.15. The average molecular weight is 265 g/mol. The van der Waals surface area contributed by atoms with Crippen LogP contribution in [0.5, 0.6) is 0 Å². The number of aromatic nitrogens is 2. The molecule has 1 aromatic rings. The van der Waals surface area contributed by atoms with Crippen LogP contribution in [0.1, 0.15) is 69.5 Å². The first-order chi connectivity index (χ1) is 9.19. The van der Waals surface area contributed by atoms with E-state index in [0.717, 1.165) is 38.7 Å². The molecule has 2 N–H and O–H groups in total. The number of nitrogens with two attached hydrogens (primary N) is 1. The molecule has 1 aliphatic carbocycles. The second kappa shape index (κ2) is 5.21. The molecular weight excluding hydrogens is 242 g/mol. The number of hydrogen-bond acceptors (Lipinski definition) is 5. The molecule has 2 fully saturated rings. The predicted molar refractivity (Wildman–Crippen MR) is 70.6 cm³/mol. The molecule has 1 aliphatic heterocycles. The van der Waals surface area contributed by atoms with Crippen LogP contribution in [0.25, 0.3) is 0 Å². The van der Waals surface area contributed by atoms with Gasteiger partial charge >= 0.3 is 0 Å². The Bertz CT molecular complexity index is 426. The predicted octanol–water partition coefficient (Wildman–Crippen LogP) is 2.47. The van der Waals surface area contributed by atoms with E-state index < -0.39 is 0 Å². The Labute approximate surface area is 113 Å². The fourth-order valence-electron chi connectivity index (χ4n) is 3.18. The van der Waals surface area contributed by atoms with Crippen LogP contribution in [0.2, 0.25) is 0 Å². The summed E-state index contributed by atoms with van der Waals surface area (Å²) in [6.07, 6.45) is 7.75. The number of ether oxygens (including phenoxy) is 1. The molecular formula is C14H23N3O2. The van der Waals surface area contributed by atoms with Gasteiger partial charge in [-0.15, -0.1) is 0 Å². The van der Waals surface area contributed by atoms with Gasteiger partial charge < -0.3 is 15.0 Å². The van der Waals surface area contributed by atoms with Gasteiger partial charge in [-0.25, -0.2) is 0 Å². The first-order valence-electron chi connectivity index (χ1n) is 7.43. The van der Waals surface area contributed by atoms with Crippen LogP contribution in [0.4, 0.5) is 0 Å². The highest BCUT2D eigenvalue weighted by atomic mass is 16.5. The van der Waals surface area contributed by atoms with E-state index in [-0.39, 0.29) is 17.6 Å². The largest absolute Gasteiger partial charge is 0.367 e. The highest BCUT2D eigenvalue weighted by Gasteiger charge is 2.37. The first kappa shape index (κ1) is 13.1. The molecule has 2 heterocycles. The quantitative estimate of drug-likeness (QED) is 0.889. The van der Waals surface area contributed by atoms with Gasteiger partial charge in [-0.05, 0) is 39.0 Å². The highest BCUT2D eigenvalue weighted by molar-refractivity contribution is 5.05. The Morgan fingerprint density at radius 2 is 2.05 bits per heavy atom. The topological polar surface area (TPSA) is 74.2 Å². The summed E-state index contributed by atoms with van der Waals surface area (Å²) >= 11 is 0. The maximum Gasteiger partial charge on any atom is 0.231 e. The fraction of sp³-hybridized carbons (Fsp3) is 0.857. The number of nitrogens with zero attached hydrogens (tertiary/aromatic N) is 2. The van der Waals surface area contributed by atoms with Gasteiger partial charge in [-0.1, -0.05) is 18.0 Å². The van der Waals surface area contributed by atoms with Crippen LogP contribution in [-0.2, 0) is 10.3 Å². The molecule has 1 aromatic heterocycles. The van der Waals surface area contributed by atoms with E-state index in [1.54, 1.807) is 0 Å². The van der Waals surface area contributed by atoms with E-state index in [1.165, 1.54) is 12.8 Å². The molecule has 3 rings (SSSR count). The third kappa shape index (κ3) is 2.54. The molecule has 0 aromatic carbocycles. The van der Waals surface area contributed by atoms with E-state index in [1.807, 2.05) is 0 Å². The van der Waals surface area contributed by atoms with Crippen molar-refractivity contribution in [2.24, 2.45) is 5.73 Å². The molecule has 106 valence electrons. The van der Waals surface area contributed by atoms with Gasteiger partial charge in [0.05, 0.1) is 5.92 Å². The maximum absolute atomic E-state index is 6.17. The monoisotopic (exact) mass is 265 g/mol.